The maximum absolute atomic E-state index is 12.4. The van der Waals surface area contributed by atoms with Crippen LogP contribution in [0.2, 0.25) is 0 Å². The third-order valence-corrected chi connectivity index (χ3v) is 5.56. The van der Waals surface area contributed by atoms with Crippen LogP contribution in [0.4, 0.5) is 0 Å². The van der Waals surface area contributed by atoms with Crippen molar-refractivity contribution in [3.63, 3.8) is 0 Å². The Hall–Kier alpha value is -1.76. The Morgan fingerprint density at radius 3 is 2.77 bits per heavy atom. The summed E-state index contributed by atoms with van der Waals surface area (Å²) in [5.74, 6) is -0.621. The van der Waals surface area contributed by atoms with Gasteiger partial charge < -0.3 is 15.4 Å². The molecule has 1 aliphatic heterocycles. The second kappa shape index (κ2) is 5.79. The van der Waals surface area contributed by atoms with E-state index in [-0.39, 0.29) is 5.56 Å². The van der Waals surface area contributed by atoms with Crippen molar-refractivity contribution in [1.82, 2.24) is 10.3 Å². The summed E-state index contributed by atoms with van der Waals surface area (Å²) in [6.45, 7) is 0. The monoisotopic (exact) mass is 322 g/mol. The van der Waals surface area contributed by atoms with Crippen LogP contribution in [0, 0.1) is 0 Å². The summed E-state index contributed by atoms with van der Waals surface area (Å²) in [5.41, 5.74) is 0.199. The predicted molar refractivity (Wildman–Crippen MR) is 83.5 cm³/mol. The van der Waals surface area contributed by atoms with Gasteiger partial charge in [-0.15, -0.1) is 0 Å². The molecule has 0 radical (unpaired) electrons. The second-order valence-corrected chi connectivity index (χ2v) is 6.97. The van der Waals surface area contributed by atoms with E-state index in [0.29, 0.717) is 17.9 Å². The Labute approximate surface area is 131 Å². The molecule has 2 aliphatic rings. The number of carboxylic acid groups (broad SMARTS) is 1. The second-order valence-electron chi connectivity index (χ2n) is 5.87. The molecular weight excluding hydrogens is 304 g/mol. The summed E-state index contributed by atoms with van der Waals surface area (Å²) in [7, 11) is 0. The fourth-order valence-corrected chi connectivity index (χ4v) is 4.34. The molecule has 1 saturated heterocycles. The summed E-state index contributed by atoms with van der Waals surface area (Å²) in [5, 5.41) is 12.0. The van der Waals surface area contributed by atoms with Crippen LogP contribution in [-0.2, 0) is 17.6 Å². The number of aryl methyl sites for hydroxylation is 2. The van der Waals surface area contributed by atoms with Gasteiger partial charge in [0.1, 0.15) is 11.1 Å². The van der Waals surface area contributed by atoms with Crippen LogP contribution in [0.25, 0.3) is 0 Å². The maximum Gasteiger partial charge on any atom is 0.330 e. The molecule has 0 spiro atoms. The highest BCUT2D eigenvalue weighted by atomic mass is 32.2. The van der Waals surface area contributed by atoms with Gasteiger partial charge in [-0.05, 0) is 49.5 Å². The van der Waals surface area contributed by atoms with Crippen molar-refractivity contribution in [2.45, 2.75) is 37.6 Å². The van der Waals surface area contributed by atoms with Gasteiger partial charge in [0.25, 0.3) is 11.5 Å². The normalized spacial score (nSPS) is 23.8. The lowest BCUT2D eigenvalue weighted by Crippen LogP contribution is -2.55. The molecule has 2 heterocycles. The summed E-state index contributed by atoms with van der Waals surface area (Å²) >= 11 is 1.49. The highest BCUT2D eigenvalue weighted by Crippen LogP contribution is 2.28. The first-order valence-electron chi connectivity index (χ1n) is 7.40. The first kappa shape index (κ1) is 15.1. The fraction of sp³-hybridized carbons (Fsp3) is 0.533. The van der Waals surface area contributed by atoms with E-state index in [9.17, 15) is 19.5 Å². The van der Waals surface area contributed by atoms with Crippen molar-refractivity contribution in [3.05, 3.63) is 33.2 Å². The summed E-state index contributed by atoms with van der Waals surface area (Å²) in [6, 6.07) is 1.63. The SMILES string of the molecule is O=C(NC1(C(=O)O)CCSC1)c1cc2c([nH]c1=O)CCCC2. The van der Waals surface area contributed by atoms with E-state index in [1.165, 1.54) is 11.8 Å². The van der Waals surface area contributed by atoms with E-state index in [0.717, 1.165) is 36.9 Å². The molecule has 3 N–H and O–H groups in total. The largest absolute Gasteiger partial charge is 0.479 e. The lowest BCUT2D eigenvalue weighted by molar-refractivity contribution is -0.143. The first-order valence-corrected chi connectivity index (χ1v) is 8.56. The van der Waals surface area contributed by atoms with Crippen molar-refractivity contribution in [3.8, 4) is 0 Å². The lowest BCUT2D eigenvalue weighted by atomic mass is 9.94. The molecule has 1 unspecified atom stereocenters. The molecule has 118 valence electrons. The smallest absolute Gasteiger partial charge is 0.330 e. The van der Waals surface area contributed by atoms with Gasteiger partial charge in [0.2, 0.25) is 0 Å². The number of carbonyl (C=O) groups is 2. The Balaban J connectivity index is 1.89. The van der Waals surface area contributed by atoms with Crippen molar-refractivity contribution >= 4 is 23.6 Å². The Morgan fingerprint density at radius 1 is 1.32 bits per heavy atom. The molecule has 1 aliphatic carbocycles. The van der Waals surface area contributed by atoms with E-state index in [2.05, 4.69) is 10.3 Å². The molecule has 0 aromatic carbocycles. The average molecular weight is 322 g/mol. The van der Waals surface area contributed by atoms with Gasteiger partial charge >= 0.3 is 5.97 Å². The van der Waals surface area contributed by atoms with Gasteiger partial charge in [0, 0.05) is 11.4 Å². The number of aromatic nitrogens is 1. The number of nitrogens with one attached hydrogen (secondary N) is 2. The van der Waals surface area contributed by atoms with E-state index in [1.807, 2.05) is 0 Å². The minimum absolute atomic E-state index is 0.0122. The molecule has 0 bridgehead atoms. The zero-order valence-corrected chi connectivity index (χ0v) is 12.9. The number of carbonyl (C=O) groups excluding carboxylic acids is 1. The number of fused-ring (bicyclic) bond motifs is 1. The minimum Gasteiger partial charge on any atom is -0.479 e. The van der Waals surface area contributed by atoms with Crippen LogP contribution in [0.1, 0.15) is 40.9 Å². The molecule has 1 aromatic heterocycles. The molecule has 0 saturated carbocycles. The molecule has 6 nitrogen and oxygen atoms in total. The third-order valence-electron chi connectivity index (χ3n) is 4.37. The summed E-state index contributed by atoms with van der Waals surface area (Å²) in [6.07, 6.45) is 4.11. The first-order chi connectivity index (χ1) is 10.5. The van der Waals surface area contributed by atoms with Gasteiger partial charge in [-0.25, -0.2) is 4.79 Å². The van der Waals surface area contributed by atoms with E-state index in [1.54, 1.807) is 6.07 Å². The highest BCUT2D eigenvalue weighted by molar-refractivity contribution is 7.99. The van der Waals surface area contributed by atoms with Crippen LogP contribution in [0.15, 0.2) is 10.9 Å². The van der Waals surface area contributed by atoms with Crippen LogP contribution >= 0.6 is 11.8 Å². The number of aliphatic carboxylic acids is 1. The van der Waals surface area contributed by atoms with Crippen LogP contribution in [0.5, 0.6) is 0 Å². The lowest BCUT2D eigenvalue weighted by Gasteiger charge is -2.24. The number of hydrogen-bond acceptors (Lipinski definition) is 4. The zero-order valence-electron chi connectivity index (χ0n) is 12.1. The van der Waals surface area contributed by atoms with Gasteiger partial charge in [-0.2, -0.15) is 11.8 Å². The number of H-pyrrole nitrogens is 1. The molecule has 1 fully saturated rings. The molecule has 22 heavy (non-hydrogen) atoms. The molecule has 1 atom stereocenters. The van der Waals surface area contributed by atoms with E-state index < -0.39 is 23.0 Å². The summed E-state index contributed by atoms with van der Waals surface area (Å²) in [4.78, 5) is 38.8. The van der Waals surface area contributed by atoms with Crippen molar-refractivity contribution in [2.24, 2.45) is 0 Å². The molecule has 7 heteroatoms. The molecule has 1 amide bonds. The van der Waals surface area contributed by atoms with E-state index >= 15 is 0 Å². The predicted octanol–water partition coefficient (Wildman–Crippen LogP) is 0.944. The standard InChI is InChI=1S/C15H18N2O4S/c18-12-10(7-9-3-1-2-4-11(9)16-12)13(19)17-15(14(20)21)5-6-22-8-15/h7H,1-6,8H2,(H,16,18)(H,17,19)(H,20,21). The van der Waals surface area contributed by atoms with Crippen molar-refractivity contribution in [2.75, 3.05) is 11.5 Å². The molecule has 1 aromatic rings. The number of hydrogen-bond donors (Lipinski definition) is 3. The van der Waals surface area contributed by atoms with Gasteiger partial charge in [-0.1, -0.05) is 0 Å². The minimum atomic E-state index is -1.26. The number of rotatable bonds is 3. The number of thioether (sulfide) groups is 1. The summed E-state index contributed by atoms with van der Waals surface area (Å²) < 4.78 is 0. The topological polar surface area (TPSA) is 99.3 Å². The highest BCUT2D eigenvalue weighted by Gasteiger charge is 2.43. The maximum atomic E-state index is 12.4. The Bertz CT molecular complexity index is 677. The zero-order chi connectivity index (χ0) is 15.7. The van der Waals surface area contributed by atoms with Gasteiger partial charge in [0.05, 0.1) is 0 Å². The number of carboxylic acids is 1. The van der Waals surface area contributed by atoms with Gasteiger partial charge in [-0.3, -0.25) is 9.59 Å². The van der Waals surface area contributed by atoms with Crippen LogP contribution in [-0.4, -0.2) is 39.0 Å². The van der Waals surface area contributed by atoms with Crippen LogP contribution < -0.4 is 10.9 Å². The van der Waals surface area contributed by atoms with E-state index in [4.69, 9.17) is 0 Å². The molecular formula is C15H18N2O4S. The van der Waals surface area contributed by atoms with Crippen LogP contribution in [0.3, 0.4) is 0 Å². The quantitative estimate of drug-likeness (QED) is 0.769. The van der Waals surface area contributed by atoms with Crippen molar-refractivity contribution < 1.29 is 14.7 Å². The Morgan fingerprint density at radius 2 is 2.09 bits per heavy atom. The third kappa shape index (κ3) is 2.65. The number of aromatic amines is 1. The van der Waals surface area contributed by atoms with Crippen molar-refractivity contribution in [1.29, 1.82) is 0 Å². The number of amides is 1. The Kier molecular flexibility index (Phi) is 3.99. The average Bonchev–Trinajstić information content (AvgIpc) is 2.96. The van der Waals surface area contributed by atoms with Gasteiger partial charge in [0.15, 0.2) is 0 Å². The molecule has 3 rings (SSSR count). The fourth-order valence-electron chi connectivity index (χ4n) is 3.01. The number of pyridine rings is 1.